The van der Waals surface area contributed by atoms with Gasteiger partial charge in [0.1, 0.15) is 24.0 Å². The molecular weight excluding hydrogens is 284 g/mol. The Labute approximate surface area is 121 Å². The maximum atomic E-state index is 13.5. The molecule has 0 aliphatic carbocycles. The summed E-state index contributed by atoms with van der Waals surface area (Å²) in [6.07, 6.45) is 0. The largest absolute Gasteiger partial charge is 0.488 e. The topological polar surface area (TPSA) is 35.2 Å². The van der Waals surface area contributed by atoms with Gasteiger partial charge in [0.25, 0.3) is 0 Å². The van der Waals surface area contributed by atoms with Crippen molar-refractivity contribution in [2.75, 3.05) is 0 Å². The summed E-state index contributed by atoms with van der Waals surface area (Å²) in [5.41, 5.74) is 6.85. The molecule has 0 aliphatic rings. The molecule has 2 N–H and O–H groups in total. The van der Waals surface area contributed by atoms with Gasteiger partial charge in [-0.1, -0.05) is 11.6 Å². The second kappa shape index (κ2) is 6.20. The second-order valence-corrected chi connectivity index (χ2v) is 4.93. The molecular formula is C15H14ClF2NO. The van der Waals surface area contributed by atoms with Gasteiger partial charge in [-0.15, -0.1) is 0 Å². The van der Waals surface area contributed by atoms with Crippen molar-refractivity contribution < 1.29 is 13.5 Å². The summed E-state index contributed by atoms with van der Waals surface area (Å²) in [4.78, 5) is 0. The van der Waals surface area contributed by atoms with Crippen molar-refractivity contribution in [3.8, 4) is 5.75 Å². The molecule has 2 aromatic carbocycles. The summed E-state index contributed by atoms with van der Waals surface area (Å²) in [6.45, 7) is 1.80. The lowest BCUT2D eigenvalue weighted by atomic mass is 10.1. The van der Waals surface area contributed by atoms with E-state index in [-0.39, 0.29) is 18.2 Å². The third kappa shape index (κ3) is 3.46. The fraction of sp³-hybridized carbons (Fsp3) is 0.200. The van der Waals surface area contributed by atoms with Crippen molar-refractivity contribution in [3.05, 3.63) is 64.2 Å². The lowest BCUT2D eigenvalue weighted by Crippen LogP contribution is -2.08. The van der Waals surface area contributed by atoms with Crippen LogP contribution in [0.3, 0.4) is 0 Å². The summed E-state index contributed by atoms with van der Waals surface area (Å²) in [5.74, 6) is -0.719. The zero-order valence-electron chi connectivity index (χ0n) is 10.9. The van der Waals surface area contributed by atoms with Crippen LogP contribution in [0.5, 0.6) is 5.75 Å². The van der Waals surface area contributed by atoms with E-state index in [2.05, 4.69) is 0 Å². The summed E-state index contributed by atoms with van der Waals surface area (Å²) in [6, 6.07) is 8.17. The molecule has 0 radical (unpaired) electrons. The van der Waals surface area contributed by atoms with Gasteiger partial charge in [0.05, 0.1) is 0 Å². The Morgan fingerprint density at radius 3 is 2.60 bits per heavy atom. The van der Waals surface area contributed by atoms with Crippen LogP contribution >= 0.6 is 11.6 Å². The number of ether oxygens (including phenoxy) is 1. The SMILES string of the molecule is CC(N)c1cc(Cl)ccc1OCc1ccc(F)cc1F. The van der Waals surface area contributed by atoms with Gasteiger partial charge in [-0.25, -0.2) is 8.78 Å². The van der Waals surface area contributed by atoms with Crippen LogP contribution in [0, 0.1) is 11.6 Å². The van der Waals surface area contributed by atoms with Gasteiger partial charge >= 0.3 is 0 Å². The molecule has 0 saturated heterocycles. The molecule has 106 valence electrons. The van der Waals surface area contributed by atoms with Gasteiger partial charge in [-0.3, -0.25) is 0 Å². The van der Waals surface area contributed by atoms with Gasteiger partial charge in [-0.2, -0.15) is 0 Å². The first kappa shape index (κ1) is 14.8. The van der Waals surface area contributed by atoms with Gasteiger partial charge in [0.15, 0.2) is 0 Å². The van der Waals surface area contributed by atoms with E-state index in [0.717, 1.165) is 11.6 Å². The third-order valence-corrected chi connectivity index (χ3v) is 3.10. The molecule has 0 aliphatic heterocycles. The first-order chi connectivity index (χ1) is 9.47. The number of halogens is 3. The highest BCUT2D eigenvalue weighted by Gasteiger charge is 2.11. The Balaban J connectivity index is 2.18. The molecule has 0 bridgehead atoms. The molecule has 0 saturated carbocycles. The molecule has 20 heavy (non-hydrogen) atoms. The van der Waals surface area contributed by atoms with E-state index < -0.39 is 11.6 Å². The molecule has 2 aromatic rings. The first-order valence-electron chi connectivity index (χ1n) is 6.09. The van der Waals surface area contributed by atoms with E-state index in [9.17, 15) is 8.78 Å². The molecule has 2 nitrogen and oxygen atoms in total. The van der Waals surface area contributed by atoms with Gasteiger partial charge in [-0.05, 0) is 37.3 Å². The highest BCUT2D eigenvalue weighted by molar-refractivity contribution is 6.30. The molecule has 0 spiro atoms. The Morgan fingerprint density at radius 2 is 1.95 bits per heavy atom. The predicted octanol–water partition coefficient (Wildman–Crippen LogP) is 4.22. The van der Waals surface area contributed by atoms with E-state index in [1.54, 1.807) is 25.1 Å². The standard InChI is InChI=1S/C15H14ClF2NO/c1-9(19)13-6-11(16)3-5-15(13)20-8-10-2-4-12(17)7-14(10)18/h2-7,9H,8,19H2,1H3. The highest BCUT2D eigenvalue weighted by atomic mass is 35.5. The van der Waals surface area contributed by atoms with Gasteiger partial charge in [0.2, 0.25) is 0 Å². The molecule has 2 rings (SSSR count). The molecule has 1 atom stereocenters. The van der Waals surface area contributed by atoms with Crippen LogP contribution in [0.15, 0.2) is 36.4 Å². The fourth-order valence-electron chi connectivity index (χ4n) is 1.80. The summed E-state index contributed by atoms with van der Waals surface area (Å²) >= 11 is 5.91. The Morgan fingerprint density at radius 1 is 1.20 bits per heavy atom. The quantitative estimate of drug-likeness (QED) is 0.917. The molecule has 0 aromatic heterocycles. The molecule has 0 heterocycles. The molecule has 1 unspecified atom stereocenters. The Kier molecular flexibility index (Phi) is 4.57. The van der Waals surface area contributed by atoms with Crippen molar-refractivity contribution in [2.24, 2.45) is 5.73 Å². The monoisotopic (exact) mass is 297 g/mol. The van der Waals surface area contributed by atoms with Crippen molar-refractivity contribution in [1.82, 2.24) is 0 Å². The number of benzene rings is 2. The van der Waals surface area contributed by atoms with Crippen molar-refractivity contribution in [3.63, 3.8) is 0 Å². The number of rotatable bonds is 4. The summed E-state index contributed by atoms with van der Waals surface area (Å²) in [5, 5.41) is 0.553. The van der Waals surface area contributed by atoms with Crippen LogP contribution in [-0.4, -0.2) is 0 Å². The van der Waals surface area contributed by atoms with E-state index in [1.165, 1.54) is 12.1 Å². The highest BCUT2D eigenvalue weighted by Crippen LogP contribution is 2.28. The van der Waals surface area contributed by atoms with Crippen molar-refractivity contribution in [1.29, 1.82) is 0 Å². The van der Waals surface area contributed by atoms with Crippen LogP contribution in [0.4, 0.5) is 8.78 Å². The van der Waals surface area contributed by atoms with E-state index in [4.69, 9.17) is 22.1 Å². The second-order valence-electron chi connectivity index (χ2n) is 4.50. The lowest BCUT2D eigenvalue weighted by Gasteiger charge is -2.14. The van der Waals surface area contributed by atoms with Crippen LogP contribution in [-0.2, 0) is 6.61 Å². The normalized spacial score (nSPS) is 12.2. The fourth-order valence-corrected chi connectivity index (χ4v) is 1.98. The number of nitrogens with two attached hydrogens (primary N) is 1. The minimum atomic E-state index is -0.638. The Bertz CT molecular complexity index is 617. The predicted molar refractivity (Wildman–Crippen MR) is 74.7 cm³/mol. The zero-order valence-corrected chi connectivity index (χ0v) is 11.6. The van der Waals surface area contributed by atoms with Crippen molar-refractivity contribution >= 4 is 11.6 Å². The zero-order chi connectivity index (χ0) is 14.7. The van der Waals surface area contributed by atoms with Crippen LogP contribution in [0.2, 0.25) is 5.02 Å². The third-order valence-electron chi connectivity index (χ3n) is 2.86. The minimum absolute atomic E-state index is 0.00648. The van der Waals surface area contributed by atoms with E-state index in [0.29, 0.717) is 10.8 Å². The number of hydrogen-bond donors (Lipinski definition) is 1. The lowest BCUT2D eigenvalue weighted by molar-refractivity contribution is 0.295. The van der Waals surface area contributed by atoms with Gasteiger partial charge < -0.3 is 10.5 Å². The van der Waals surface area contributed by atoms with E-state index >= 15 is 0 Å². The molecule has 0 amide bonds. The Hall–Kier alpha value is -1.65. The smallest absolute Gasteiger partial charge is 0.132 e. The minimum Gasteiger partial charge on any atom is -0.488 e. The molecule has 0 fully saturated rings. The number of hydrogen-bond acceptors (Lipinski definition) is 2. The van der Waals surface area contributed by atoms with Crippen LogP contribution < -0.4 is 10.5 Å². The summed E-state index contributed by atoms with van der Waals surface area (Å²) < 4.78 is 31.9. The average molecular weight is 298 g/mol. The maximum absolute atomic E-state index is 13.5. The van der Waals surface area contributed by atoms with Crippen molar-refractivity contribution in [2.45, 2.75) is 19.6 Å². The van der Waals surface area contributed by atoms with Crippen LogP contribution in [0.25, 0.3) is 0 Å². The summed E-state index contributed by atoms with van der Waals surface area (Å²) in [7, 11) is 0. The maximum Gasteiger partial charge on any atom is 0.132 e. The van der Waals surface area contributed by atoms with Crippen LogP contribution in [0.1, 0.15) is 24.1 Å². The molecule has 5 heteroatoms. The van der Waals surface area contributed by atoms with E-state index in [1.807, 2.05) is 0 Å². The first-order valence-corrected chi connectivity index (χ1v) is 6.47. The average Bonchev–Trinajstić information content (AvgIpc) is 2.38. The van der Waals surface area contributed by atoms with Gasteiger partial charge in [0, 0.05) is 28.3 Å².